The van der Waals surface area contributed by atoms with Crippen LogP contribution in [-0.4, -0.2) is 23.9 Å². The lowest BCUT2D eigenvalue weighted by Gasteiger charge is -2.19. The van der Waals surface area contributed by atoms with Crippen LogP contribution in [0.5, 0.6) is 0 Å². The highest BCUT2D eigenvalue weighted by Gasteiger charge is 2.26. The number of rotatable bonds is 4. The minimum Gasteiger partial charge on any atom is -0.396 e. The van der Waals surface area contributed by atoms with Crippen LogP contribution in [0, 0.1) is 5.82 Å². The van der Waals surface area contributed by atoms with Gasteiger partial charge in [-0.1, -0.05) is 18.2 Å². The Morgan fingerprint density at radius 2 is 2.18 bits per heavy atom. The van der Waals surface area contributed by atoms with E-state index in [2.05, 4.69) is 6.92 Å². The highest BCUT2D eigenvalue weighted by Crippen LogP contribution is 2.30. The van der Waals surface area contributed by atoms with E-state index in [1.165, 1.54) is 6.07 Å². The van der Waals surface area contributed by atoms with E-state index >= 15 is 0 Å². The van der Waals surface area contributed by atoms with Crippen molar-refractivity contribution >= 4 is 0 Å². The van der Waals surface area contributed by atoms with Gasteiger partial charge in [-0.2, -0.15) is 0 Å². The van der Waals surface area contributed by atoms with Gasteiger partial charge in [0.1, 0.15) is 5.82 Å². The van der Waals surface area contributed by atoms with Gasteiger partial charge in [-0.3, -0.25) is 0 Å². The summed E-state index contributed by atoms with van der Waals surface area (Å²) in [4.78, 5) is 0. The number of aliphatic hydroxyl groups is 1. The van der Waals surface area contributed by atoms with E-state index in [0.717, 1.165) is 12.8 Å². The Morgan fingerprint density at radius 3 is 2.76 bits per heavy atom. The number of benzene rings is 1. The number of ether oxygens (including phenoxy) is 1. The summed E-state index contributed by atoms with van der Waals surface area (Å²) in [7, 11) is 0. The van der Waals surface area contributed by atoms with Crippen molar-refractivity contribution in [2.75, 3.05) is 6.61 Å². The largest absolute Gasteiger partial charge is 0.396 e. The molecule has 1 heterocycles. The molecule has 0 saturated carbocycles. The maximum absolute atomic E-state index is 13.6. The maximum Gasteiger partial charge on any atom is 0.126 e. The van der Waals surface area contributed by atoms with Gasteiger partial charge < -0.3 is 9.84 Å². The molecule has 2 nitrogen and oxygen atoms in total. The molecule has 0 bridgehead atoms. The molecule has 1 fully saturated rings. The SMILES string of the molecule is CC1CCC(CC(CO)c2ccccc2F)O1. The molecule has 1 aromatic carbocycles. The summed E-state index contributed by atoms with van der Waals surface area (Å²) in [6.07, 6.45) is 3.20. The van der Waals surface area contributed by atoms with Crippen LogP contribution in [0.25, 0.3) is 0 Å². The van der Waals surface area contributed by atoms with Crippen LogP contribution in [0.15, 0.2) is 24.3 Å². The van der Waals surface area contributed by atoms with Crippen LogP contribution in [0.3, 0.4) is 0 Å². The topological polar surface area (TPSA) is 29.5 Å². The molecule has 0 aromatic heterocycles. The summed E-state index contributed by atoms with van der Waals surface area (Å²) < 4.78 is 19.3. The van der Waals surface area contributed by atoms with Gasteiger partial charge in [0, 0.05) is 5.92 Å². The molecule has 0 radical (unpaired) electrons. The van der Waals surface area contributed by atoms with Crippen LogP contribution in [0.4, 0.5) is 4.39 Å². The molecule has 1 N–H and O–H groups in total. The molecule has 3 unspecified atom stereocenters. The van der Waals surface area contributed by atoms with Crippen molar-refractivity contribution in [2.24, 2.45) is 0 Å². The molecule has 17 heavy (non-hydrogen) atoms. The lowest BCUT2D eigenvalue weighted by Crippen LogP contribution is -2.16. The second kappa shape index (κ2) is 5.61. The normalized spacial score (nSPS) is 26.1. The Labute approximate surface area is 101 Å². The van der Waals surface area contributed by atoms with Gasteiger partial charge in [-0.15, -0.1) is 0 Å². The van der Waals surface area contributed by atoms with Crippen molar-refractivity contribution in [1.82, 2.24) is 0 Å². The molecule has 3 atom stereocenters. The zero-order valence-corrected chi connectivity index (χ0v) is 10.1. The summed E-state index contributed by atoms with van der Waals surface area (Å²) in [6.45, 7) is 2.02. The molecular formula is C14H19FO2. The molecule has 1 aromatic rings. The number of hydrogen-bond acceptors (Lipinski definition) is 2. The van der Waals surface area contributed by atoms with Crippen LogP contribution in [0.2, 0.25) is 0 Å². The van der Waals surface area contributed by atoms with Crippen molar-refractivity contribution < 1.29 is 14.2 Å². The average Bonchev–Trinajstić information content (AvgIpc) is 2.73. The van der Waals surface area contributed by atoms with Crippen molar-refractivity contribution in [1.29, 1.82) is 0 Å². The molecule has 1 aliphatic heterocycles. The van der Waals surface area contributed by atoms with Crippen molar-refractivity contribution in [3.63, 3.8) is 0 Å². The van der Waals surface area contributed by atoms with Crippen LogP contribution < -0.4 is 0 Å². The molecule has 0 aliphatic carbocycles. The smallest absolute Gasteiger partial charge is 0.126 e. The third-order valence-corrected chi connectivity index (χ3v) is 3.43. The first-order chi connectivity index (χ1) is 8.20. The average molecular weight is 238 g/mol. The number of aliphatic hydroxyl groups excluding tert-OH is 1. The van der Waals surface area contributed by atoms with E-state index in [9.17, 15) is 9.50 Å². The Morgan fingerprint density at radius 1 is 1.41 bits per heavy atom. The Bertz CT molecular complexity index is 367. The summed E-state index contributed by atoms with van der Waals surface area (Å²) >= 11 is 0. The summed E-state index contributed by atoms with van der Waals surface area (Å²) in [5, 5.41) is 9.41. The number of hydrogen-bond donors (Lipinski definition) is 1. The zero-order valence-electron chi connectivity index (χ0n) is 10.1. The van der Waals surface area contributed by atoms with Gasteiger partial charge in [0.05, 0.1) is 18.8 Å². The van der Waals surface area contributed by atoms with Crippen molar-refractivity contribution in [3.05, 3.63) is 35.6 Å². The fraction of sp³-hybridized carbons (Fsp3) is 0.571. The minimum atomic E-state index is -0.238. The van der Waals surface area contributed by atoms with Gasteiger partial charge in [0.2, 0.25) is 0 Å². The first-order valence-corrected chi connectivity index (χ1v) is 6.21. The predicted octanol–water partition coefficient (Wildman–Crippen LogP) is 2.86. The Hall–Kier alpha value is -0.930. The lowest BCUT2D eigenvalue weighted by molar-refractivity contribution is 0.0420. The maximum atomic E-state index is 13.6. The van der Waals surface area contributed by atoms with Gasteiger partial charge in [-0.25, -0.2) is 4.39 Å². The second-order valence-electron chi connectivity index (χ2n) is 4.78. The van der Waals surface area contributed by atoms with E-state index in [1.54, 1.807) is 18.2 Å². The standard InChI is InChI=1S/C14H19FO2/c1-10-6-7-12(17-10)8-11(9-16)13-4-2-3-5-14(13)15/h2-5,10-12,16H,6-9H2,1H3. The summed E-state index contributed by atoms with van der Waals surface area (Å²) in [6, 6.07) is 6.66. The molecule has 3 heteroatoms. The highest BCUT2D eigenvalue weighted by atomic mass is 19.1. The first-order valence-electron chi connectivity index (χ1n) is 6.21. The molecule has 0 spiro atoms. The minimum absolute atomic E-state index is 0.0326. The molecule has 0 amide bonds. The van der Waals surface area contributed by atoms with E-state index < -0.39 is 0 Å². The third kappa shape index (κ3) is 3.05. The molecular weight excluding hydrogens is 219 g/mol. The second-order valence-corrected chi connectivity index (χ2v) is 4.78. The van der Waals surface area contributed by atoms with Crippen LogP contribution >= 0.6 is 0 Å². The van der Waals surface area contributed by atoms with Gasteiger partial charge in [-0.05, 0) is 37.8 Å². The van der Waals surface area contributed by atoms with Gasteiger partial charge in [0.15, 0.2) is 0 Å². The molecule has 1 aliphatic rings. The molecule has 1 saturated heterocycles. The fourth-order valence-corrected chi connectivity index (χ4v) is 2.48. The molecule has 2 rings (SSSR count). The van der Waals surface area contributed by atoms with E-state index in [1.807, 2.05) is 0 Å². The van der Waals surface area contributed by atoms with Crippen LogP contribution in [-0.2, 0) is 4.74 Å². The van der Waals surface area contributed by atoms with Gasteiger partial charge in [0.25, 0.3) is 0 Å². The Kier molecular flexibility index (Phi) is 4.13. The van der Waals surface area contributed by atoms with Crippen LogP contribution in [0.1, 0.15) is 37.7 Å². The lowest BCUT2D eigenvalue weighted by atomic mass is 9.92. The van der Waals surface area contributed by atoms with Gasteiger partial charge >= 0.3 is 0 Å². The van der Waals surface area contributed by atoms with E-state index in [-0.39, 0.29) is 24.4 Å². The monoisotopic (exact) mass is 238 g/mol. The van der Waals surface area contributed by atoms with E-state index in [4.69, 9.17) is 4.74 Å². The zero-order chi connectivity index (χ0) is 12.3. The quantitative estimate of drug-likeness (QED) is 0.874. The Balaban J connectivity index is 2.04. The summed E-state index contributed by atoms with van der Waals surface area (Å²) in [5.74, 6) is -0.399. The van der Waals surface area contributed by atoms with Crippen molar-refractivity contribution in [2.45, 2.75) is 44.3 Å². The highest BCUT2D eigenvalue weighted by molar-refractivity contribution is 5.22. The first kappa shape index (κ1) is 12.5. The van der Waals surface area contributed by atoms with E-state index in [0.29, 0.717) is 18.1 Å². The van der Waals surface area contributed by atoms with Crippen molar-refractivity contribution in [3.8, 4) is 0 Å². The number of halogens is 1. The fourth-order valence-electron chi connectivity index (χ4n) is 2.48. The molecule has 94 valence electrons. The third-order valence-electron chi connectivity index (χ3n) is 3.43. The summed E-state index contributed by atoms with van der Waals surface area (Å²) in [5.41, 5.74) is 0.596. The predicted molar refractivity (Wildman–Crippen MR) is 64.4 cm³/mol.